The number of halogens is 1. The molecule has 0 saturated carbocycles. The van der Waals surface area contributed by atoms with Crippen LogP contribution in [0.5, 0.6) is 0 Å². The molecule has 0 spiro atoms. The molecule has 0 saturated heterocycles. The summed E-state index contributed by atoms with van der Waals surface area (Å²) in [6.45, 7) is 2.96. The Hall–Kier alpha value is -3.28. The van der Waals surface area contributed by atoms with Gasteiger partial charge >= 0.3 is 5.97 Å². The first-order valence-corrected chi connectivity index (χ1v) is 6.63. The van der Waals surface area contributed by atoms with Gasteiger partial charge in [0.25, 0.3) is 0 Å². The number of hydrogen-bond acceptors (Lipinski definition) is 4. The van der Waals surface area contributed by atoms with Crippen molar-refractivity contribution in [3.8, 4) is 11.1 Å². The van der Waals surface area contributed by atoms with E-state index in [0.717, 1.165) is 28.1 Å². The quantitative estimate of drug-likeness (QED) is 0.709. The van der Waals surface area contributed by atoms with Crippen LogP contribution in [-0.4, -0.2) is 21.0 Å². The van der Waals surface area contributed by atoms with E-state index in [0.29, 0.717) is 5.82 Å². The van der Waals surface area contributed by atoms with E-state index in [9.17, 15) is 9.18 Å². The van der Waals surface area contributed by atoms with Crippen molar-refractivity contribution in [1.82, 2.24) is 9.97 Å². The number of carboxylic acids is 1. The number of hydrogen-bond donors (Lipinski definition) is 2. The highest BCUT2D eigenvalue weighted by Crippen LogP contribution is 2.30. The third-order valence-corrected chi connectivity index (χ3v) is 3.00. The van der Waals surface area contributed by atoms with Gasteiger partial charge in [-0.25, -0.2) is 19.2 Å². The zero-order valence-corrected chi connectivity index (χ0v) is 12.1. The Morgan fingerprint density at radius 3 is 2.57 bits per heavy atom. The Bertz CT molecular complexity index is 860. The van der Waals surface area contributed by atoms with Crippen LogP contribution in [0.3, 0.4) is 0 Å². The van der Waals surface area contributed by atoms with Crippen LogP contribution in [0.2, 0.25) is 0 Å². The highest BCUT2D eigenvalue weighted by molar-refractivity contribution is 6.00. The number of nitrogens with two attached hydrogens (primary N) is 1. The average molecular weight is 311 g/mol. The van der Waals surface area contributed by atoms with Crippen molar-refractivity contribution in [3.63, 3.8) is 0 Å². The number of nitrogen functional groups attached to an aromatic ring is 1. The summed E-state index contributed by atoms with van der Waals surface area (Å²) in [5, 5.41) is 8.36. The second kappa shape index (κ2) is 7.13. The highest BCUT2D eigenvalue weighted by Gasteiger charge is 2.08. The molecule has 6 heteroatoms. The molecule has 3 rings (SSSR count). The van der Waals surface area contributed by atoms with Crippen molar-refractivity contribution >= 4 is 22.7 Å². The van der Waals surface area contributed by atoms with Crippen LogP contribution in [0.15, 0.2) is 61.4 Å². The summed E-state index contributed by atoms with van der Waals surface area (Å²) in [5.41, 5.74) is 8.25. The van der Waals surface area contributed by atoms with Gasteiger partial charge in [-0.2, -0.15) is 0 Å². The monoisotopic (exact) mass is 311 g/mol. The van der Waals surface area contributed by atoms with E-state index in [1.54, 1.807) is 6.07 Å². The third-order valence-electron chi connectivity index (χ3n) is 3.00. The van der Waals surface area contributed by atoms with Crippen LogP contribution < -0.4 is 5.73 Å². The van der Waals surface area contributed by atoms with E-state index in [-0.39, 0.29) is 5.82 Å². The minimum atomic E-state index is -0.981. The van der Waals surface area contributed by atoms with Crippen molar-refractivity contribution in [1.29, 1.82) is 0 Å². The molecule has 3 aromatic rings. The molecular weight excluding hydrogens is 297 g/mol. The van der Waals surface area contributed by atoms with Gasteiger partial charge in [0, 0.05) is 6.08 Å². The summed E-state index contributed by atoms with van der Waals surface area (Å²) in [6, 6.07) is 12.0. The van der Waals surface area contributed by atoms with Crippen LogP contribution in [0.25, 0.3) is 22.0 Å². The first-order valence-electron chi connectivity index (χ1n) is 6.63. The predicted molar refractivity (Wildman–Crippen MR) is 87.2 cm³/mol. The van der Waals surface area contributed by atoms with E-state index >= 15 is 0 Å². The van der Waals surface area contributed by atoms with Crippen molar-refractivity contribution in [3.05, 3.63) is 67.3 Å². The molecule has 23 heavy (non-hydrogen) atoms. The number of benzene rings is 2. The average Bonchev–Trinajstić information content (AvgIpc) is 2.55. The number of aromatic nitrogens is 2. The molecule has 0 atom stereocenters. The van der Waals surface area contributed by atoms with E-state index in [1.807, 2.05) is 24.3 Å². The van der Waals surface area contributed by atoms with E-state index < -0.39 is 5.97 Å². The molecule has 116 valence electrons. The molecule has 0 radical (unpaired) electrons. The second-order valence-electron chi connectivity index (χ2n) is 4.51. The van der Waals surface area contributed by atoms with E-state index in [2.05, 4.69) is 16.5 Å². The zero-order chi connectivity index (χ0) is 16.8. The third kappa shape index (κ3) is 3.88. The van der Waals surface area contributed by atoms with E-state index in [1.165, 1.54) is 18.5 Å². The second-order valence-corrected chi connectivity index (χ2v) is 4.51. The zero-order valence-electron chi connectivity index (χ0n) is 12.1. The summed E-state index contributed by atoms with van der Waals surface area (Å²) < 4.78 is 13.3. The smallest absolute Gasteiger partial charge is 0.327 e. The summed E-state index contributed by atoms with van der Waals surface area (Å²) in [5.74, 6) is -0.857. The van der Waals surface area contributed by atoms with Gasteiger partial charge in [0.2, 0.25) is 0 Å². The first kappa shape index (κ1) is 16.1. The minimum Gasteiger partial charge on any atom is -0.478 e. The van der Waals surface area contributed by atoms with Crippen LogP contribution >= 0.6 is 0 Å². The molecule has 2 aromatic carbocycles. The molecule has 0 aliphatic carbocycles. The summed E-state index contributed by atoms with van der Waals surface area (Å²) >= 11 is 0. The lowest BCUT2D eigenvalue weighted by Gasteiger charge is -2.07. The van der Waals surface area contributed by atoms with Crippen LogP contribution in [0.4, 0.5) is 10.2 Å². The minimum absolute atomic E-state index is 0.278. The van der Waals surface area contributed by atoms with Crippen LogP contribution in [-0.2, 0) is 4.79 Å². The first-order chi connectivity index (χ1) is 11.0. The fourth-order valence-electron chi connectivity index (χ4n) is 2.03. The largest absolute Gasteiger partial charge is 0.478 e. The van der Waals surface area contributed by atoms with Gasteiger partial charge < -0.3 is 10.8 Å². The number of aliphatic carboxylic acids is 1. The Kier molecular flexibility index (Phi) is 4.99. The Morgan fingerprint density at radius 1 is 1.22 bits per heavy atom. The van der Waals surface area contributed by atoms with Crippen LogP contribution in [0, 0.1) is 5.82 Å². The molecule has 0 unspecified atom stereocenters. The standard InChI is InChI=1S/C14H10FN3.C3H4O2/c15-10-4-1-3-9(7-10)11-5-2-6-12-13(11)14(16)18-8-17-12;1-2-3(4)5/h1-8H,(H2,16,17,18);2H,1H2,(H,4,5). The van der Waals surface area contributed by atoms with Gasteiger partial charge in [-0.3, -0.25) is 0 Å². The number of nitrogens with zero attached hydrogens (tertiary/aromatic N) is 2. The molecule has 3 N–H and O–H groups in total. The lowest BCUT2D eigenvalue weighted by Crippen LogP contribution is -1.95. The summed E-state index contributed by atoms with van der Waals surface area (Å²) in [4.78, 5) is 17.4. The maximum atomic E-state index is 13.3. The number of carbonyl (C=O) groups is 1. The Morgan fingerprint density at radius 2 is 1.91 bits per heavy atom. The van der Waals surface area contributed by atoms with Crippen LogP contribution in [0.1, 0.15) is 0 Å². The lowest BCUT2D eigenvalue weighted by atomic mass is 10.0. The van der Waals surface area contributed by atoms with Crippen molar-refractivity contribution < 1.29 is 14.3 Å². The predicted octanol–water partition coefficient (Wildman–Crippen LogP) is 3.28. The molecule has 5 nitrogen and oxygen atoms in total. The van der Waals surface area contributed by atoms with Gasteiger partial charge in [0.1, 0.15) is 18.0 Å². The molecule has 0 fully saturated rings. The van der Waals surface area contributed by atoms with Gasteiger partial charge in [-0.05, 0) is 29.3 Å². The maximum absolute atomic E-state index is 13.3. The number of fused-ring (bicyclic) bond motifs is 1. The normalized spacial score (nSPS) is 9.78. The molecule has 0 amide bonds. The molecule has 1 heterocycles. The Balaban J connectivity index is 0.000000338. The van der Waals surface area contributed by atoms with Gasteiger partial charge in [-0.15, -0.1) is 0 Å². The molecular formula is C17H14FN3O2. The summed E-state index contributed by atoms with van der Waals surface area (Å²) in [7, 11) is 0. The number of anilines is 1. The SMILES string of the molecule is C=CC(=O)O.Nc1ncnc2cccc(-c3cccc(F)c3)c12. The number of carboxylic acid groups (broad SMARTS) is 1. The fraction of sp³-hybridized carbons (Fsp3) is 0. The van der Waals surface area contributed by atoms with Crippen molar-refractivity contribution in [2.75, 3.05) is 5.73 Å². The van der Waals surface area contributed by atoms with Crippen molar-refractivity contribution in [2.45, 2.75) is 0 Å². The Labute approximate surface area is 131 Å². The fourth-order valence-corrected chi connectivity index (χ4v) is 2.03. The highest BCUT2D eigenvalue weighted by atomic mass is 19.1. The summed E-state index contributed by atoms with van der Waals surface area (Å²) in [6.07, 6.45) is 2.26. The molecule has 1 aromatic heterocycles. The topological polar surface area (TPSA) is 89.1 Å². The maximum Gasteiger partial charge on any atom is 0.327 e. The van der Waals surface area contributed by atoms with E-state index in [4.69, 9.17) is 10.8 Å². The van der Waals surface area contributed by atoms with Crippen molar-refractivity contribution in [2.24, 2.45) is 0 Å². The van der Waals surface area contributed by atoms with Gasteiger partial charge in [0.05, 0.1) is 10.9 Å². The molecule has 0 aliphatic heterocycles. The van der Waals surface area contributed by atoms with Gasteiger partial charge in [0.15, 0.2) is 0 Å². The molecule has 0 bridgehead atoms. The van der Waals surface area contributed by atoms with Gasteiger partial charge in [-0.1, -0.05) is 30.8 Å². The number of rotatable bonds is 2. The lowest BCUT2D eigenvalue weighted by molar-refractivity contribution is -0.131. The molecule has 0 aliphatic rings.